The molecule has 3 atom stereocenters. The summed E-state index contributed by atoms with van der Waals surface area (Å²) in [6, 6.07) is 0. The van der Waals surface area contributed by atoms with Gasteiger partial charge in [-0.25, -0.2) is 0 Å². The van der Waals surface area contributed by atoms with Gasteiger partial charge in [0.2, 0.25) is 0 Å². The molecule has 3 heteroatoms. The zero-order valence-electron chi connectivity index (χ0n) is 11.2. The maximum atomic E-state index is 5.87. The topological polar surface area (TPSA) is 18.5 Å². The van der Waals surface area contributed by atoms with Crippen LogP contribution in [0.5, 0.6) is 0 Å². The Morgan fingerprint density at radius 1 is 1.06 bits per heavy atom. The van der Waals surface area contributed by atoms with Gasteiger partial charge in [-0.1, -0.05) is 27.2 Å². The Morgan fingerprint density at radius 3 is 2.19 bits per heavy atom. The highest BCUT2D eigenvalue weighted by Crippen LogP contribution is 2.10. The van der Waals surface area contributed by atoms with Gasteiger partial charge in [0.15, 0.2) is 0 Å². The Balaban J connectivity index is 3.83. The summed E-state index contributed by atoms with van der Waals surface area (Å²) in [4.78, 5) is 0. The molecule has 0 fully saturated rings. The van der Waals surface area contributed by atoms with Crippen molar-refractivity contribution >= 4 is 11.6 Å². The van der Waals surface area contributed by atoms with Crippen LogP contribution in [0.3, 0.4) is 0 Å². The minimum Gasteiger partial charge on any atom is -0.375 e. The Morgan fingerprint density at radius 2 is 1.75 bits per heavy atom. The van der Waals surface area contributed by atoms with Crippen molar-refractivity contribution in [2.24, 2.45) is 0 Å². The van der Waals surface area contributed by atoms with Crippen LogP contribution in [0.2, 0.25) is 0 Å². The molecule has 16 heavy (non-hydrogen) atoms. The second-order valence-electron chi connectivity index (χ2n) is 4.28. The lowest BCUT2D eigenvalue weighted by Gasteiger charge is -2.22. The molecule has 2 nitrogen and oxygen atoms in total. The lowest BCUT2D eigenvalue weighted by atomic mass is 10.1. The lowest BCUT2D eigenvalue weighted by molar-refractivity contribution is -0.0635. The third-order valence-electron chi connectivity index (χ3n) is 2.76. The second-order valence-corrected chi connectivity index (χ2v) is 4.59. The molecule has 0 aliphatic heterocycles. The van der Waals surface area contributed by atoms with Crippen molar-refractivity contribution in [3.8, 4) is 0 Å². The average Bonchev–Trinajstić information content (AvgIpc) is 2.32. The van der Waals surface area contributed by atoms with E-state index in [1.54, 1.807) is 0 Å². The lowest BCUT2D eigenvalue weighted by Crippen LogP contribution is -2.28. The Hall–Kier alpha value is 0.210. The van der Waals surface area contributed by atoms with E-state index in [1.807, 2.05) is 0 Å². The van der Waals surface area contributed by atoms with Crippen molar-refractivity contribution in [3.63, 3.8) is 0 Å². The van der Waals surface area contributed by atoms with Crippen LogP contribution in [-0.2, 0) is 9.47 Å². The normalized spacial score (nSPS) is 17.1. The molecule has 0 aromatic carbocycles. The fourth-order valence-corrected chi connectivity index (χ4v) is 1.68. The van der Waals surface area contributed by atoms with E-state index in [9.17, 15) is 0 Å². The summed E-state index contributed by atoms with van der Waals surface area (Å²) in [5.41, 5.74) is 0. The number of rotatable bonds is 10. The van der Waals surface area contributed by atoms with E-state index in [0.717, 1.165) is 25.7 Å². The molecule has 0 bridgehead atoms. The molecule has 0 saturated carbocycles. The molecule has 0 aliphatic rings. The third-order valence-corrected chi connectivity index (χ3v) is 3.10. The Labute approximate surface area is 106 Å². The molecular weight excluding hydrogens is 224 g/mol. The zero-order valence-corrected chi connectivity index (χ0v) is 11.9. The highest BCUT2D eigenvalue weighted by molar-refractivity contribution is 6.18. The first kappa shape index (κ1) is 16.2. The summed E-state index contributed by atoms with van der Waals surface area (Å²) in [5, 5.41) is 0. The summed E-state index contributed by atoms with van der Waals surface area (Å²) in [7, 11) is 0. The fraction of sp³-hybridized carbons (Fsp3) is 1.00. The minimum absolute atomic E-state index is 0.0301. The SMILES string of the molecule is CCCC(CC)OCC(CCl)OC(C)CC. The van der Waals surface area contributed by atoms with Gasteiger partial charge in [0.25, 0.3) is 0 Å². The van der Waals surface area contributed by atoms with Gasteiger partial charge in [-0.3, -0.25) is 0 Å². The number of alkyl halides is 1. The van der Waals surface area contributed by atoms with E-state index < -0.39 is 0 Å². The minimum atomic E-state index is 0.0301. The van der Waals surface area contributed by atoms with Gasteiger partial charge in [0, 0.05) is 0 Å². The van der Waals surface area contributed by atoms with Crippen LogP contribution in [0, 0.1) is 0 Å². The quantitative estimate of drug-likeness (QED) is 0.546. The van der Waals surface area contributed by atoms with Crippen LogP contribution >= 0.6 is 11.6 Å². The Kier molecular flexibility index (Phi) is 10.5. The van der Waals surface area contributed by atoms with E-state index in [4.69, 9.17) is 21.1 Å². The summed E-state index contributed by atoms with van der Waals surface area (Å²) in [5.74, 6) is 0.507. The smallest absolute Gasteiger partial charge is 0.0947 e. The molecule has 0 radical (unpaired) electrons. The maximum Gasteiger partial charge on any atom is 0.0947 e. The van der Waals surface area contributed by atoms with E-state index in [-0.39, 0.29) is 12.2 Å². The van der Waals surface area contributed by atoms with Crippen molar-refractivity contribution < 1.29 is 9.47 Å². The van der Waals surface area contributed by atoms with Gasteiger partial charge in [-0.2, -0.15) is 0 Å². The van der Waals surface area contributed by atoms with Crippen molar-refractivity contribution in [3.05, 3.63) is 0 Å². The van der Waals surface area contributed by atoms with Gasteiger partial charge in [0.1, 0.15) is 0 Å². The molecule has 0 aromatic rings. The highest BCUT2D eigenvalue weighted by atomic mass is 35.5. The maximum absolute atomic E-state index is 5.87. The van der Waals surface area contributed by atoms with E-state index in [0.29, 0.717) is 18.6 Å². The number of hydrogen-bond acceptors (Lipinski definition) is 2. The molecule has 0 amide bonds. The van der Waals surface area contributed by atoms with Gasteiger partial charge in [-0.05, 0) is 26.2 Å². The molecule has 0 saturated heterocycles. The second kappa shape index (κ2) is 10.4. The largest absolute Gasteiger partial charge is 0.375 e. The first-order valence-electron chi connectivity index (χ1n) is 6.50. The highest BCUT2D eigenvalue weighted by Gasteiger charge is 2.14. The molecule has 0 heterocycles. The summed E-state index contributed by atoms with van der Waals surface area (Å²) in [6.45, 7) is 9.14. The monoisotopic (exact) mass is 250 g/mol. The Bertz CT molecular complexity index is 153. The van der Waals surface area contributed by atoms with Gasteiger partial charge in [-0.15, -0.1) is 11.6 Å². The summed E-state index contributed by atoms with van der Waals surface area (Å²) < 4.78 is 11.6. The summed E-state index contributed by atoms with van der Waals surface area (Å²) in [6.07, 6.45) is 5.01. The third kappa shape index (κ3) is 7.48. The standard InChI is InChI=1S/C13H27ClO2/c1-5-8-12(7-3)15-10-13(9-14)16-11(4)6-2/h11-13H,5-10H2,1-4H3. The van der Waals surface area contributed by atoms with Gasteiger partial charge < -0.3 is 9.47 Å². The fourth-order valence-electron chi connectivity index (χ4n) is 1.52. The molecule has 0 spiro atoms. The predicted molar refractivity (Wildman–Crippen MR) is 70.3 cm³/mol. The van der Waals surface area contributed by atoms with E-state index in [1.165, 1.54) is 0 Å². The van der Waals surface area contributed by atoms with Gasteiger partial charge in [0.05, 0.1) is 30.8 Å². The molecular formula is C13H27ClO2. The molecule has 0 aromatic heterocycles. The molecule has 98 valence electrons. The molecule has 3 unspecified atom stereocenters. The van der Waals surface area contributed by atoms with Crippen LogP contribution in [0.4, 0.5) is 0 Å². The predicted octanol–water partition coefficient (Wildman–Crippen LogP) is 4.00. The van der Waals surface area contributed by atoms with Crippen molar-refractivity contribution in [1.82, 2.24) is 0 Å². The molecule has 0 rings (SSSR count). The number of ether oxygens (including phenoxy) is 2. The van der Waals surface area contributed by atoms with E-state index >= 15 is 0 Å². The van der Waals surface area contributed by atoms with Crippen LogP contribution in [0.1, 0.15) is 53.4 Å². The molecule has 0 N–H and O–H groups in total. The average molecular weight is 251 g/mol. The first-order chi connectivity index (χ1) is 7.67. The van der Waals surface area contributed by atoms with Crippen molar-refractivity contribution in [1.29, 1.82) is 0 Å². The molecule has 0 aliphatic carbocycles. The summed E-state index contributed by atoms with van der Waals surface area (Å²) >= 11 is 5.87. The zero-order chi connectivity index (χ0) is 12.4. The van der Waals surface area contributed by atoms with Crippen LogP contribution < -0.4 is 0 Å². The van der Waals surface area contributed by atoms with Crippen molar-refractivity contribution in [2.45, 2.75) is 71.7 Å². The number of halogens is 1. The van der Waals surface area contributed by atoms with Crippen LogP contribution in [-0.4, -0.2) is 30.8 Å². The first-order valence-corrected chi connectivity index (χ1v) is 7.04. The van der Waals surface area contributed by atoms with Gasteiger partial charge >= 0.3 is 0 Å². The van der Waals surface area contributed by atoms with Crippen molar-refractivity contribution in [2.75, 3.05) is 12.5 Å². The van der Waals surface area contributed by atoms with E-state index in [2.05, 4.69) is 27.7 Å². The van der Waals surface area contributed by atoms with Crippen LogP contribution in [0.15, 0.2) is 0 Å². The number of hydrogen-bond donors (Lipinski definition) is 0. The van der Waals surface area contributed by atoms with Crippen LogP contribution in [0.25, 0.3) is 0 Å².